The zero-order chi connectivity index (χ0) is 14.6. The molecule has 0 radical (unpaired) electrons. The molecule has 1 aromatic rings. The normalized spacial score (nSPS) is 13.5. The van der Waals surface area contributed by atoms with E-state index < -0.39 is 21.9 Å². The molecule has 0 spiro atoms. The zero-order valence-corrected chi connectivity index (χ0v) is 11.8. The van der Waals surface area contributed by atoms with Crippen LogP contribution in [0.4, 0.5) is 10.1 Å². The Labute approximate surface area is 112 Å². The Morgan fingerprint density at radius 1 is 1.47 bits per heavy atom. The molecule has 0 saturated heterocycles. The van der Waals surface area contributed by atoms with Crippen LogP contribution >= 0.6 is 0 Å². The van der Waals surface area contributed by atoms with E-state index in [-0.39, 0.29) is 17.1 Å². The Kier molecular flexibility index (Phi) is 5.28. The SMILES string of the molecule is Cc1cc(F)c(N)cc1S(=O)(=O)NCCCC(C)O. The Balaban J connectivity index is 2.80. The predicted molar refractivity (Wildman–Crippen MR) is 71.7 cm³/mol. The van der Waals surface area contributed by atoms with Gasteiger partial charge >= 0.3 is 0 Å². The first kappa shape index (κ1) is 15.9. The van der Waals surface area contributed by atoms with Crippen LogP contribution in [0.2, 0.25) is 0 Å². The average molecular weight is 290 g/mol. The number of rotatable bonds is 6. The standard InChI is InChI=1S/C12H19FN2O3S/c1-8-6-10(13)11(14)7-12(8)19(17,18)15-5-3-4-9(2)16/h6-7,9,15-16H,3-5,14H2,1-2H3. The van der Waals surface area contributed by atoms with Gasteiger partial charge in [0.25, 0.3) is 0 Å². The first-order valence-electron chi connectivity index (χ1n) is 5.97. The monoisotopic (exact) mass is 290 g/mol. The second kappa shape index (κ2) is 6.31. The van der Waals surface area contributed by atoms with Gasteiger partial charge in [-0.05, 0) is 44.4 Å². The molecule has 1 unspecified atom stereocenters. The summed E-state index contributed by atoms with van der Waals surface area (Å²) in [5.74, 6) is -0.634. The number of halogens is 1. The molecule has 1 atom stereocenters. The summed E-state index contributed by atoms with van der Waals surface area (Å²) >= 11 is 0. The van der Waals surface area contributed by atoms with Crippen molar-refractivity contribution in [2.75, 3.05) is 12.3 Å². The lowest BCUT2D eigenvalue weighted by atomic mass is 10.2. The van der Waals surface area contributed by atoms with Crippen LogP contribution < -0.4 is 10.5 Å². The summed E-state index contributed by atoms with van der Waals surface area (Å²) in [5, 5.41) is 9.07. The minimum absolute atomic E-state index is 0.0246. The van der Waals surface area contributed by atoms with Gasteiger partial charge in [-0.3, -0.25) is 0 Å². The number of benzene rings is 1. The van der Waals surface area contributed by atoms with Crippen molar-refractivity contribution in [1.82, 2.24) is 4.72 Å². The number of aryl methyl sites for hydroxylation is 1. The van der Waals surface area contributed by atoms with Crippen molar-refractivity contribution in [2.45, 2.75) is 37.7 Å². The lowest BCUT2D eigenvalue weighted by Crippen LogP contribution is -2.26. The fraction of sp³-hybridized carbons (Fsp3) is 0.500. The number of sulfonamides is 1. The van der Waals surface area contributed by atoms with Gasteiger partial charge in [0.2, 0.25) is 10.0 Å². The summed E-state index contributed by atoms with van der Waals surface area (Å²) in [5.41, 5.74) is 5.48. The molecular formula is C12H19FN2O3S. The van der Waals surface area contributed by atoms with Crippen LogP contribution in [0.25, 0.3) is 0 Å². The highest BCUT2D eigenvalue weighted by Crippen LogP contribution is 2.21. The summed E-state index contributed by atoms with van der Waals surface area (Å²) in [6.07, 6.45) is 0.562. The first-order chi connectivity index (χ1) is 8.74. The summed E-state index contributed by atoms with van der Waals surface area (Å²) in [6.45, 7) is 3.36. The molecule has 0 amide bonds. The molecule has 0 aliphatic carbocycles. The van der Waals surface area contributed by atoms with E-state index in [0.717, 1.165) is 12.1 Å². The van der Waals surface area contributed by atoms with Crippen molar-refractivity contribution in [1.29, 1.82) is 0 Å². The van der Waals surface area contributed by atoms with Crippen LogP contribution in [-0.2, 0) is 10.0 Å². The molecule has 0 bridgehead atoms. The van der Waals surface area contributed by atoms with Gasteiger partial charge in [0, 0.05) is 6.54 Å². The molecule has 108 valence electrons. The molecule has 19 heavy (non-hydrogen) atoms. The number of nitrogens with one attached hydrogen (secondary N) is 1. The molecule has 0 aliphatic rings. The van der Waals surface area contributed by atoms with E-state index >= 15 is 0 Å². The minimum atomic E-state index is -3.71. The number of hydrogen-bond acceptors (Lipinski definition) is 4. The lowest BCUT2D eigenvalue weighted by molar-refractivity contribution is 0.182. The fourth-order valence-electron chi connectivity index (χ4n) is 1.64. The van der Waals surface area contributed by atoms with E-state index in [1.54, 1.807) is 6.92 Å². The number of anilines is 1. The topological polar surface area (TPSA) is 92.4 Å². The van der Waals surface area contributed by atoms with Crippen LogP contribution in [0.3, 0.4) is 0 Å². The van der Waals surface area contributed by atoms with Crippen LogP contribution in [0.1, 0.15) is 25.3 Å². The Morgan fingerprint density at radius 3 is 2.68 bits per heavy atom. The van der Waals surface area contributed by atoms with Gasteiger partial charge in [-0.2, -0.15) is 0 Å². The second-order valence-corrected chi connectivity index (χ2v) is 6.26. The van der Waals surface area contributed by atoms with Crippen molar-refractivity contribution in [3.63, 3.8) is 0 Å². The summed E-state index contributed by atoms with van der Waals surface area (Å²) in [6, 6.07) is 2.21. The van der Waals surface area contributed by atoms with E-state index in [4.69, 9.17) is 10.8 Å². The molecule has 4 N–H and O–H groups in total. The lowest BCUT2D eigenvalue weighted by Gasteiger charge is -2.11. The molecule has 5 nitrogen and oxygen atoms in total. The van der Waals surface area contributed by atoms with Crippen LogP contribution in [0.15, 0.2) is 17.0 Å². The maximum atomic E-state index is 13.2. The number of hydrogen-bond donors (Lipinski definition) is 3. The second-order valence-electron chi connectivity index (χ2n) is 4.53. The van der Waals surface area contributed by atoms with E-state index in [1.807, 2.05) is 0 Å². The van der Waals surface area contributed by atoms with E-state index in [0.29, 0.717) is 18.4 Å². The van der Waals surface area contributed by atoms with Gasteiger partial charge in [-0.25, -0.2) is 17.5 Å². The van der Waals surface area contributed by atoms with E-state index in [9.17, 15) is 12.8 Å². The maximum absolute atomic E-state index is 13.2. The third kappa shape index (κ3) is 4.45. The van der Waals surface area contributed by atoms with Crippen LogP contribution in [0, 0.1) is 12.7 Å². The average Bonchev–Trinajstić information content (AvgIpc) is 2.29. The zero-order valence-electron chi connectivity index (χ0n) is 11.0. The highest BCUT2D eigenvalue weighted by atomic mass is 32.2. The summed E-state index contributed by atoms with van der Waals surface area (Å²) < 4.78 is 39.6. The van der Waals surface area contributed by atoms with Crippen molar-refractivity contribution in [3.8, 4) is 0 Å². The van der Waals surface area contributed by atoms with E-state index in [1.165, 1.54) is 6.92 Å². The Morgan fingerprint density at radius 2 is 2.11 bits per heavy atom. The van der Waals surface area contributed by atoms with Crippen molar-refractivity contribution >= 4 is 15.7 Å². The highest BCUT2D eigenvalue weighted by molar-refractivity contribution is 7.89. The van der Waals surface area contributed by atoms with Gasteiger partial charge in [0.15, 0.2) is 0 Å². The predicted octanol–water partition coefficient (Wildman–Crippen LogP) is 1.16. The quantitative estimate of drug-likeness (QED) is 0.541. The minimum Gasteiger partial charge on any atom is -0.396 e. The molecule has 0 aliphatic heterocycles. The van der Waals surface area contributed by atoms with Gasteiger partial charge in [0.1, 0.15) is 5.82 Å². The van der Waals surface area contributed by atoms with Crippen LogP contribution in [-0.4, -0.2) is 26.2 Å². The number of nitrogen functional groups attached to an aromatic ring is 1. The fourth-order valence-corrected chi connectivity index (χ4v) is 2.97. The van der Waals surface area contributed by atoms with Gasteiger partial charge in [0.05, 0.1) is 16.7 Å². The molecule has 0 aromatic heterocycles. The molecule has 1 aromatic carbocycles. The molecule has 7 heteroatoms. The smallest absolute Gasteiger partial charge is 0.240 e. The largest absolute Gasteiger partial charge is 0.396 e. The molecular weight excluding hydrogens is 271 g/mol. The number of nitrogens with two attached hydrogens (primary N) is 1. The van der Waals surface area contributed by atoms with Gasteiger partial charge in [-0.1, -0.05) is 0 Å². The number of aliphatic hydroxyl groups excluding tert-OH is 1. The van der Waals surface area contributed by atoms with Crippen LogP contribution in [0.5, 0.6) is 0 Å². The third-order valence-corrected chi connectivity index (χ3v) is 4.28. The van der Waals surface area contributed by atoms with Crippen molar-refractivity contribution < 1.29 is 17.9 Å². The molecule has 0 heterocycles. The molecule has 0 fully saturated rings. The van der Waals surface area contributed by atoms with Crippen molar-refractivity contribution in [3.05, 3.63) is 23.5 Å². The Hall–Kier alpha value is -1.18. The maximum Gasteiger partial charge on any atom is 0.240 e. The van der Waals surface area contributed by atoms with Crippen molar-refractivity contribution in [2.24, 2.45) is 0 Å². The summed E-state index contributed by atoms with van der Waals surface area (Å²) in [4.78, 5) is -0.0246. The first-order valence-corrected chi connectivity index (χ1v) is 7.45. The molecule has 0 saturated carbocycles. The van der Waals surface area contributed by atoms with Gasteiger partial charge < -0.3 is 10.8 Å². The van der Waals surface area contributed by atoms with E-state index in [2.05, 4.69) is 4.72 Å². The molecule has 1 rings (SSSR count). The Bertz CT molecular complexity index is 544. The summed E-state index contributed by atoms with van der Waals surface area (Å²) in [7, 11) is -3.71. The third-order valence-electron chi connectivity index (χ3n) is 2.67. The highest BCUT2D eigenvalue weighted by Gasteiger charge is 2.18. The van der Waals surface area contributed by atoms with Gasteiger partial charge in [-0.15, -0.1) is 0 Å². The number of aliphatic hydroxyl groups is 1.